The van der Waals surface area contributed by atoms with E-state index in [-0.39, 0.29) is 22.2 Å². The fraction of sp³-hybridized carbons (Fsp3) is 0.292. The maximum Gasteiger partial charge on any atom is 0.265 e. The average Bonchev–Trinajstić information content (AvgIpc) is 3.34. The number of carbonyl (C=O) groups is 1. The fourth-order valence-electron chi connectivity index (χ4n) is 3.95. The van der Waals surface area contributed by atoms with Crippen LogP contribution in [0.3, 0.4) is 0 Å². The fourth-order valence-corrected chi connectivity index (χ4v) is 6.76. The van der Waals surface area contributed by atoms with Gasteiger partial charge < -0.3 is 14.4 Å². The van der Waals surface area contributed by atoms with E-state index >= 15 is 0 Å². The van der Waals surface area contributed by atoms with Gasteiger partial charge in [0.2, 0.25) is 10.0 Å². The van der Waals surface area contributed by atoms with E-state index in [0.29, 0.717) is 31.0 Å². The van der Waals surface area contributed by atoms with Crippen LogP contribution in [0.5, 0.6) is 11.5 Å². The number of benzene rings is 2. The van der Waals surface area contributed by atoms with E-state index in [1.165, 1.54) is 20.8 Å². The number of hydrogen-bond acceptors (Lipinski definition) is 6. The number of sulfonamides is 1. The third kappa shape index (κ3) is 4.62. The Morgan fingerprint density at radius 2 is 1.85 bits per heavy atom. The minimum absolute atomic E-state index is 0.0606. The molecule has 2 aromatic carbocycles. The smallest absolute Gasteiger partial charge is 0.265 e. The minimum atomic E-state index is -3.81. The first-order valence-electron chi connectivity index (χ1n) is 10.5. The second-order valence-electron chi connectivity index (χ2n) is 7.81. The standard InChI is InChI=1S/C24H26N2O5S2/c1-25(15-19-8-9-20(30-2)14-21(19)31-3)24(27)23-22(11-13-32-23)33(28,29)26-12-10-17-6-4-5-7-18(17)16-26/h4-9,11,13-14H,10,12,15-16H2,1-3H3. The highest BCUT2D eigenvalue weighted by atomic mass is 32.2. The molecule has 1 aromatic heterocycles. The van der Waals surface area contributed by atoms with Crippen LogP contribution in [0.2, 0.25) is 0 Å². The lowest BCUT2D eigenvalue weighted by Gasteiger charge is -2.28. The van der Waals surface area contributed by atoms with Crippen molar-refractivity contribution in [2.45, 2.75) is 24.4 Å². The van der Waals surface area contributed by atoms with Crippen molar-refractivity contribution in [3.8, 4) is 11.5 Å². The Labute approximate surface area is 198 Å². The first-order valence-corrected chi connectivity index (χ1v) is 12.8. The number of rotatable bonds is 7. The van der Waals surface area contributed by atoms with Crippen LogP contribution in [0.1, 0.15) is 26.4 Å². The van der Waals surface area contributed by atoms with E-state index in [4.69, 9.17) is 9.47 Å². The lowest BCUT2D eigenvalue weighted by atomic mass is 10.0. The maximum atomic E-state index is 13.5. The van der Waals surface area contributed by atoms with E-state index in [2.05, 4.69) is 0 Å². The highest BCUT2D eigenvalue weighted by Crippen LogP contribution is 2.31. The van der Waals surface area contributed by atoms with Gasteiger partial charge in [-0.2, -0.15) is 4.31 Å². The Hall–Kier alpha value is -2.88. The molecule has 9 heteroatoms. The minimum Gasteiger partial charge on any atom is -0.497 e. The van der Waals surface area contributed by atoms with Crippen molar-refractivity contribution < 1.29 is 22.7 Å². The lowest BCUT2D eigenvalue weighted by Crippen LogP contribution is -2.37. The molecular weight excluding hydrogens is 460 g/mol. The Morgan fingerprint density at radius 3 is 2.58 bits per heavy atom. The molecule has 0 fully saturated rings. The summed E-state index contributed by atoms with van der Waals surface area (Å²) in [5, 5.41) is 1.65. The molecule has 3 aromatic rings. The van der Waals surface area contributed by atoms with Crippen LogP contribution in [0.4, 0.5) is 0 Å². The van der Waals surface area contributed by atoms with Crippen molar-refractivity contribution in [1.82, 2.24) is 9.21 Å². The SMILES string of the molecule is COc1ccc(CN(C)C(=O)c2sccc2S(=O)(=O)N2CCc3ccccc3C2)c(OC)c1. The van der Waals surface area contributed by atoms with E-state index in [0.717, 1.165) is 22.5 Å². The van der Waals surface area contributed by atoms with Gasteiger partial charge in [-0.25, -0.2) is 8.42 Å². The summed E-state index contributed by atoms with van der Waals surface area (Å²) in [5.74, 6) is 0.901. The summed E-state index contributed by atoms with van der Waals surface area (Å²) in [5.41, 5.74) is 2.96. The number of thiophene rings is 1. The number of amides is 1. The second-order valence-corrected chi connectivity index (χ2v) is 10.6. The number of methoxy groups -OCH3 is 2. The molecule has 7 nitrogen and oxygen atoms in total. The highest BCUT2D eigenvalue weighted by Gasteiger charge is 2.33. The Balaban J connectivity index is 1.56. The molecule has 0 aliphatic carbocycles. The zero-order chi connectivity index (χ0) is 23.6. The first kappa shape index (κ1) is 23.3. The van der Waals surface area contributed by atoms with E-state index in [1.54, 1.807) is 38.8 Å². The van der Waals surface area contributed by atoms with Gasteiger partial charge in [0, 0.05) is 38.3 Å². The van der Waals surface area contributed by atoms with Gasteiger partial charge in [0.25, 0.3) is 5.91 Å². The summed E-state index contributed by atoms with van der Waals surface area (Å²) in [7, 11) is 0.971. The third-order valence-electron chi connectivity index (χ3n) is 5.79. The molecule has 174 valence electrons. The molecule has 33 heavy (non-hydrogen) atoms. The lowest BCUT2D eigenvalue weighted by molar-refractivity contribution is 0.0785. The molecule has 1 amide bonds. The molecule has 0 saturated heterocycles. The second kappa shape index (κ2) is 9.54. The van der Waals surface area contributed by atoms with Crippen LogP contribution in [0.25, 0.3) is 0 Å². The van der Waals surface area contributed by atoms with Crippen molar-refractivity contribution in [2.75, 3.05) is 27.8 Å². The summed E-state index contributed by atoms with van der Waals surface area (Å²) in [6.45, 7) is 0.961. The van der Waals surface area contributed by atoms with Crippen molar-refractivity contribution in [3.63, 3.8) is 0 Å². The van der Waals surface area contributed by atoms with Gasteiger partial charge in [0.1, 0.15) is 21.3 Å². The summed E-state index contributed by atoms with van der Waals surface area (Å²) in [6.07, 6.45) is 0.653. The number of ether oxygens (including phenoxy) is 2. The number of carbonyl (C=O) groups excluding carboxylic acids is 1. The predicted molar refractivity (Wildman–Crippen MR) is 127 cm³/mol. The molecule has 0 spiro atoms. The highest BCUT2D eigenvalue weighted by molar-refractivity contribution is 7.89. The maximum absolute atomic E-state index is 13.5. The quantitative estimate of drug-likeness (QED) is 0.508. The molecule has 0 N–H and O–H groups in total. The van der Waals surface area contributed by atoms with Gasteiger partial charge in [-0.05, 0) is 41.1 Å². The third-order valence-corrected chi connectivity index (χ3v) is 8.70. The molecule has 0 bridgehead atoms. The molecule has 1 aliphatic rings. The summed E-state index contributed by atoms with van der Waals surface area (Å²) in [6, 6.07) is 14.8. The Kier molecular flexibility index (Phi) is 6.73. The van der Waals surface area contributed by atoms with Gasteiger partial charge in [0.15, 0.2) is 0 Å². The Bertz CT molecular complexity index is 1270. The van der Waals surface area contributed by atoms with Crippen LogP contribution < -0.4 is 9.47 Å². The van der Waals surface area contributed by atoms with Crippen molar-refractivity contribution in [3.05, 3.63) is 75.5 Å². The van der Waals surface area contributed by atoms with E-state index < -0.39 is 10.0 Å². The predicted octanol–water partition coefficient (Wildman–Crippen LogP) is 3.78. The van der Waals surface area contributed by atoms with Crippen LogP contribution in [0, 0.1) is 0 Å². The summed E-state index contributed by atoms with van der Waals surface area (Å²) < 4.78 is 39.0. The molecule has 1 aliphatic heterocycles. The molecule has 0 atom stereocenters. The zero-order valence-corrected chi connectivity index (χ0v) is 20.4. The van der Waals surface area contributed by atoms with Crippen LogP contribution in [-0.4, -0.2) is 51.3 Å². The van der Waals surface area contributed by atoms with Gasteiger partial charge in [-0.3, -0.25) is 4.79 Å². The van der Waals surface area contributed by atoms with Crippen LogP contribution in [0.15, 0.2) is 58.8 Å². The van der Waals surface area contributed by atoms with Crippen molar-refractivity contribution in [1.29, 1.82) is 0 Å². The van der Waals surface area contributed by atoms with Gasteiger partial charge in [-0.15, -0.1) is 11.3 Å². The van der Waals surface area contributed by atoms with Crippen molar-refractivity contribution >= 4 is 27.3 Å². The molecule has 0 radical (unpaired) electrons. The molecule has 2 heterocycles. The number of hydrogen-bond donors (Lipinski definition) is 0. The normalized spacial score (nSPS) is 13.9. The van der Waals surface area contributed by atoms with Gasteiger partial charge >= 0.3 is 0 Å². The molecular formula is C24H26N2O5S2. The molecule has 0 saturated carbocycles. The summed E-state index contributed by atoms with van der Waals surface area (Å²) in [4.78, 5) is 15.0. The number of nitrogens with zero attached hydrogens (tertiary/aromatic N) is 2. The van der Waals surface area contributed by atoms with Crippen LogP contribution >= 0.6 is 11.3 Å². The average molecular weight is 487 g/mol. The van der Waals surface area contributed by atoms with Crippen LogP contribution in [-0.2, 0) is 29.5 Å². The van der Waals surface area contributed by atoms with Gasteiger partial charge in [0.05, 0.1) is 14.2 Å². The monoisotopic (exact) mass is 486 g/mol. The topological polar surface area (TPSA) is 76.2 Å². The Morgan fingerprint density at radius 1 is 1.09 bits per heavy atom. The number of fused-ring (bicyclic) bond motifs is 1. The van der Waals surface area contributed by atoms with E-state index in [1.807, 2.05) is 30.3 Å². The summed E-state index contributed by atoms with van der Waals surface area (Å²) >= 11 is 1.14. The first-order chi connectivity index (χ1) is 15.8. The zero-order valence-electron chi connectivity index (χ0n) is 18.8. The van der Waals surface area contributed by atoms with Crippen molar-refractivity contribution in [2.24, 2.45) is 0 Å². The largest absolute Gasteiger partial charge is 0.497 e. The molecule has 0 unspecified atom stereocenters. The molecule has 4 rings (SSSR count). The van der Waals surface area contributed by atoms with Gasteiger partial charge in [-0.1, -0.05) is 24.3 Å². The van der Waals surface area contributed by atoms with E-state index in [9.17, 15) is 13.2 Å².